The van der Waals surface area contributed by atoms with Crippen LogP contribution in [0.5, 0.6) is 0 Å². The summed E-state index contributed by atoms with van der Waals surface area (Å²) in [6.07, 6.45) is -2.11. The molecule has 0 radical (unpaired) electrons. The molecule has 7 nitrogen and oxygen atoms in total. The van der Waals surface area contributed by atoms with Crippen LogP contribution in [0.1, 0.15) is 42.0 Å². The van der Waals surface area contributed by atoms with Crippen molar-refractivity contribution in [1.82, 2.24) is 20.1 Å². The SMILES string of the molecule is CC(C)O/N=C(\CNC(=O)c1c(C(F)F)nn(C)c1F)c1ncc(Cl)cc1Cl. The van der Waals surface area contributed by atoms with Crippen LogP contribution in [0, 0.1) is 5.95 Å². The third-order valence-electron chi connectivity index (χ3n) is 3.31. The number of oxime groups is 1. The summed E-state index contributed by atoms with van der Waals surface area (Å²) in [6, 6.07) is 1.41. The van der Waals surface area contributed by atoms with E-state index in [0.29, 0.717) is 4.68 Å². The lowest BCUT2D eigenvalue weighted by Crippen LogP contribution is -2.32. The number of carbonyl (C=O) groups is 1. The molecule has 0 aliphatic carbocycles. The van der Waals surface area contributed by atoms with Gasteiger partial charge in [-0.3, -0.25) is 9.78 Å². The van der Waals surface area contributed by atoms with Gasteiger partial charge in [-0.25, -0.2) is 13.5 Å². The van der Waals surface area contributed by atoms with Gasteiger partial charge < -0.3 is 10.2 Å². The molecule has 0 aliphatic rings. The zero-order valence-electron chi connectivity index (χ0n) is 15.0. The van der Waals surface area contributed by atoms with Crippen molar-refractivity contribution in [3.8, 4) is 0 Å². The summed E-state index contributed by atoms with van der Waals surface area (Å²) in [4.78, 5) is 21.5. The van der Waals surface area contributed by atoms with Crippen LogP contribution in [0.2, 0.25) is 10.0 Å². The Labute approximate surface area is 168 Å². The van der Waals surface area contributed by atoms with Crippen molar-refractivity contribution >= 4 is 34.8 Å². The van der Waals surface area contributed by atoms with Crippen molar-refractivity contribution < 1.29 is 22.8 Å². The van der Waals surface area contributed by atoms with Gasteiger partial charge in [-0.05, 0) is 19.9 Å². The molecule has 1 amide bonds. The maximum absolute atomic E-state index is 14.0. The Morgan fingerprint density at radius 3 is 2.64 bits per heavy atom. The number of carbonyl (C=O) groups excluding carboxylic acids is 1. The third-order valence-corrected chi connectivity index (χ3v) is 3.80. The largest absolute Gasteiger partial charge is 0.393 e. The van der Waals surface area contributed by atoms with Crippen molar-refractivity contribution in [3.05, 3.63) is 45.2 Å². The molecule has 2 heterocycles. The molecule has 2 rings (SSSR count). The van der Waals surface area contributed by atoms with E-state index in [-0.39, 0.29) is 34.1 Å². The van der Waals surface area contributed by atoms with Gasteiger partial charge in [-0.15, -0.1) is 0 Å². The van der Waals surface area contributed by atoms with Crippen LogP contribution < -0.4 is 5.32 Å². The van der Waals surface area contributed by atoms with E-state index < -0.39 is 29.5 Å². The maximum atomic E-state index is 14.0. The monoisotopic (exact) mass is 437 g/mol. The van der Waals surface area contributed by atoms with Crippen LogP contribution in [0.25, 0.3) is 0 Å². The summed E-state index contributed by atoms with van der Waals surface area (Å²) >= 11 is 11.9. The number of amides is 1. The average molecular weight is 438 g/mol. The first-order valence-electron chi connectivity index (χ1n) is 7.94. The number of nitrogens with one attached hydrogen (secondary N) is 1. The van der Waals surface area contributed by atoms with Gasteiger partial charge in [0, 0.05) is 13.2 Å². The minimum Gasteiger partial charge on any atom is -0.393 e. The van der Waals surface area contributed by atoms with E-state index in [1.165, 1.54) is 12.3 Å². The number of aryl methyl sites for hydroxylation is 1. The van der Waals surface area contributed by atoms with E-state index in [9.17, 15) is 18.0 Å². The highest BCUT2D eigenvalue weighted by molar-refractivity contribution is 6.36. The topological polar surface area (TPSA) is 81.4 Å². The standard InChI is InChI=1S/C16H16Cl2F3N5O2/c1-7(2)28-25-10(12-9(18)4-8(17)5-22-12)6-23-16(27)11-13(14(19)20)24-26(3)15(11)21/h4-5,7,14H,6H2,1-3H3,(H,23,27)/b25-10+. The Kier molecular flexibility index (Phi) is 7.25. The quantitative estimate of drug-likeness (QED) is 0.528. The lowest BCUT2D eigenvalue weighted by atomic mass is 10.2. The second kappa shape index (κ2) is 9.24. The van der Waals surface area contributed by atoms with Gasteiger partial charge in [0.1, 0.15) is 28.8 Å². The van der Waals surface area contributed by atoms with Crippen molar-refractivity contribution in [2.45, 2.75) is 26.4 Å². The van der Waals surface area contributed by atoms with E-state index in [4.69, 9.17) is 28.0 Å². The molecule has 0 saturated carbocycles. The summed E-state index contributed by atoms with van der Waals surface area (Å²) in [5.74, 6) is -2.28. The number of aromatic nitrogens is 3. The van der Waals surface area contributed by atoms with Gasteiger partial charge in [-0.2, -0.15) is 9.49 Å². The number of halogens is 5. The van der Waals surface area contributed by atoms with E-state index >= 15 is 0 Å². The Bertz CT molecular complexity index is 903. The van der Waals surface area contributed by atoms with Gasteiger partial charge in [-0.1, -0.05) is 28.4 Å². The van der Waals surface area contributed by atoms with Crippen LogP contribution in [-0.2, 0) is 11.9 Å². The third kappa shape index (κ3) is 5.14. The summed E-state index contributed by atoms with van der Waals surface area (Å²) < 4.78 is 40.7. The molecule has 0 saturated heterocycles. The first-order valence-corrected chi connectivity index (χ1v) is 8.70. The van der Waals surface area contributed by atoms with Crippen LogP contribution in [0.4, 0.5) is 13.2 Å². The summed E-state index contributed by atoms with van der Waals surface area (Å²) in [5.41, 5.74) is -1.56. The molecule has 152 valence electrons. The number of rotatable bonds is 7. The fraction of sp³-hybridized carbons (Fsp3) is 0.375. The first-order chi connectivity index (χ1) is 13.1. The molecule has 0 fully saturated rings. The first kappa shape index (κ1) is 22.0. The van der Waals surface area contributed by atoms with E-state index in [1.54, 1.807) is 13.8 Å². The lowest BCUT2D eigenvalue weighted by molar-refractivity contribution is 0.0853. The minimum absolute atomic E-state index is 0.0895. The lowest BCUT2D eigenvalue weighted by Gasteiger charge is -2.11. The number of alkyl halides is 2. The highest BCUT2D eigenvalue weighted by Crippen LogP contribution is 2.24. The predicted octanol–water partition coefficient (Wildman–Crippen LogP) is 3.76. The molecule has 1 N–H and O–H groups in total. The number of hydrogen-bond acceptors (Lipinski definition) is 5. The van der Waals surface area contributed by atoms with Crippen molar-refractivity contribution in [2.24, 2.45) is 12.2 Å². The van der Waals surface area contributed by atoms with Gasteiger partial charge in [0.2, 0.25) is 5.95 Å². The number of nitrogens with zero attached hydrogens (tertiary/aromatic N) is 4. The smallest absolute Gasteiger partial charge is 0.283 e. The molecule has 2 aromatic heterocycles. The summed E-state index contributed by atoms with van der Waals surface area (Å²) in [6.45, 7) is 3.12. The predicted molar refractivity (Wildman–Crippen MR) is 97.5 cm³/mol. The highest BCUT2D eigenvalue weighted by atomic mass is 35.5. The fourth-order valence-corrected chi connectivity index (χ4v) is 2.58. The van der Waals surface area contributed by atoms with Gasteiger partial charge in [0.15, 0.2) is 0 Å². The Hall–Kier alpha value is -2.33. The maximum Gasteiger partial charge on any atom is 0.283 e. The van der Waals surface area contributed by atoms with Gasteiger partial charge >= 0.3 is 0 Å². The minimum atomic E-state index is -3.12. The molecule has 2 aromatic rings. The van der Waals surface area contributed by atoms with Crippen molar-refractivity contribution in [2.75, 3.05) is 6.54 Å². The molecule has 0 aromatic carbocycles. The zero-order chi connectivity index (χ0) is 21.0. The molecule has 0 aliphatic heterocycles. The van der Waals surface area contributed by atoms with Crippen LogP contribution in [0.3, 0.4) is 0 Å². The molecular formula is C16H16Cl2F3N5O2. The zero-order valence-corrected chi connectivity index (χ0v) is 16.5. The molecule has 0 atom stereocenters. The molecule has 0 spiro atoms. The van der Waals surface area contributed by atoms with Crippen LogP contribution >= 0.6 is 23.2 Å². The summed E-state index contributed by atoms with van der Waals surface area (Å²) in [7, 11) is 1.11. The van der Waals surface area contributed by atoms with Crippen LogP contribution in [-0.4, -0.2) is 39.0 Å². The second-order valence-electron chi connectivity index (χ2n) is 5.83. The molecule has 0 bridgehead atoms. The van der Waals surface area contributed by atoms with Gasteiger partial charge in [0.05, 0.1) is 16.6 Å². The Balaban J connectivity index is 2.29. The normalized spacial score (nSPS) is 12.0. The van der Waals surface area contributed by atoms with Gasteiger partial charge in [0.25, 0.3) is 12.3 Å². The molecular weight excluding hydrogens is 422 g/mol. The molecule has 0 unspecified atom stereocenters. The summed E-state index contributed by atoms with van der Waals surface area (Å²) in [5, 5.41) is 9.93. The van der Waals surface area contributed by atoms with Crippen molar-refractivity contribution in [1.29, 1.82) is 0 Å². The Morgan fingerprint density at radius 1 is 1.39 bits per heavy atom. The number of pyridine rings is 1. The average Bonchev–Trinajstić information content (AvgIpc) is 2.91. The van der Waals surface area contributed by atoms with E-state index in [0.717, 1.165) is 7.05 Å². The van der Waals surface area contributed by atoms with Crippen molar-refractivity contribution in [3.63, 3.8) is 0 Å². The fourth-order valence-electron chi connectivity index (χ4n) is 2.09. The van der Waals surface area contributed by atoms with Crippen LogP contribution in [0.15, 0.2) is 17.4 Å². The molecule has 28 heavy (non-hydrogen) atoms. The Morgan fingerprint density at radius 2 is 2.07 bits per heavy atom. The number of hydrogen-bond donors (Lipinski definition) is 1. The van der Waals surface area contributed by atoms with E-state index in [2.05, 4.69) is 20.6 Å². The highest BCUT2D eigenvalue weighted by Gasteiger charge is 2.28. The van der Waals surface area contributed by atoms with E-state index in [1.807, 2.05) is 0 Å². The second-order valence-corrected chi connectivity index (χ2v) is 6.68. The molecule has 12 heteroatoms.